The van der Waals surface area contributed by atoms with Gasteiger partial charge in [-0.05, 0) is 6.42 Å². The standard InChI is InChI=1S/C12H16N4O4.ClH/c13-7-11(17)15-8-12(18)14-6-5-9-3-1-2-4-10(9)16(19)20;/h1-4H,5-8,13H2,(H,14,18)(H,15,17);1H. The number of nitro groups is 1. The Hall–Kier alpha value is -2.19. The minimum atomic E-state index is -0.460. The second kappa shape index (κ2) is 9.67. The summed E-state index contributed by atoms with van der Waals surface area (Å²) >= 11 is 0. The lowest BCUT2D eigenvalue weighted by Crippen LogP contribution is -2.40. The number of halogens is 1. The molecule has 1 aromatic rings. The van der Waals surface area contributed by atoms with Gasteiger partial charge in [0.15, 0.2) is 0 Å². The average molecular weight is 317 g/mol. The van der Waals surface area contributed by atoms with Crippen LogP contribution in [-0.4, -0.2) is 36.4 Å². The van der Waals surface area contributed by atoms with Crippen molar-refractivity contribution in [3.63, 3.8) is 0 Å². The van der Waals surface area contributed by atoms with E-state index in [4.69, 9.17) is 5.73 Å². The van der Waals surface area contributed by atoms with Crippen LogP contribution in [0.5, 0.6) is 0 Å². The molecule has 21 heavy (non-hydrogen) atoms. The molecule has 4 N–H and O–H groups in total. The van der Waals surface area contributed by atoms with Gasteiger partial charge in [-0.1, -0.05) is 18.2 Å². The molecule has 0 aliphatic carbocycles. The van der Waals surface area contributed by atoms with Gasteiger partial charge in [0.2, 0.25) is 11.8 Å². The number of nitrogens with two attached hydrogens (primary N) is 1. The number of nitrogens with zero attached hydrogens (tertiary/aromatic N) is 1. The van der Waals surface area contributed by atoms with E-state index < -0.39 is 10.8 Å². The first-order valence-corrected chi connectivity index (χ1v) is 6.00. The van der Waals surface area contributed by atoms with Crippen LogP contribution in [0.1, 0.15) is 5.56 Å². The predicted molar refractivity (Wildman–Crippen MR) is 79.1 cm³/mol. The van der Waals surface area contributed by atoms with Gasteiger partial charge >= 0.3 is 0 Å². The molecule has 0 heterocycles. The van der Waals surface area contributed by atoms with Gasteiger partial charge in [-0.2, -0.15) is 0 Å². The Morgan fingerprint density at radius 1 is 1.19 bits per heavy atom. The first kappa shape index (κ1) is 18.8. The molecular formula is C12H17ClN4O4. The molecular weight excluding hydrogens is 300 g/mol. The van der Waals surface area contributed by atoms with Crippen molar-refractivity contribution in [2.75, 3.05) is 19.6 Å². The fraction of sp³-hybridized carbons (Fsp3) is 0.333. The monoisotopic (exact) mass is 316 g/mol. The van der Waals surface area contributed by atoms with Gasteiger partial charge in [-0.3, -0.25) is 19.7 Å². The van der Waals surface area contributed by atoms with Crippen molar-refractivity contribution < 1.29 is 14.5 Å². The van der Waals surface area contributed by atoms with E-state index in [1.807, 2.05) is 0 Å². The maximum Gasteiger partial charge on any atom is 0.272 e. The number of nitro benzene ring substituents is 1. The Balaban J connectivity index is 0.00000400. The predicted octanol–water partition coefficient (Wildman–Crippen LogP) is -0.250. The second-order valence-corrected chi connectivity index (χ2v) is 3.97. The van der Waals surface area contributed by atoms with Crippen LogP contribution < -0.4 is 16.4 Å². The topological polar surface area (TPSA) is 127 Å². The molecule has 0 bridgehead atoms. The molecule has 1 aromatic carbocycles. The molecule has 0 aliphatic heterocycles. The van der Waals surface area contributed by atoms with E-state index in [-0.39, 0.29) is 43.6 Å². The Kier molecular flexibility index (Phi) is 8.66. The Morgan fingerprint density at radius 3 is 2.48 bits per heavy atom. The first-order valence-electron chi connectivity index (χ1n) is 6.00. The van der Waals surface area contributed by atoms with E-state index in [1.165, 1.54) is 6.07 Å². The number of amides is 2. The SMILES string of the molecule is Cl.NCC(=O)NCC(=O)NCCc1ccccc1[N+](=O)[O-]. The summed E-state index contributed by atoms with van der Waals surface area (Å²) in [7, 11) is 0. The summed E-state index contributed by atoms with van der Waals surface area (Å²) in [6.45, 7) is -0.0847. The highest BCUT2D eigenvalue weighted by Gasteiger charge is 2.12. The number of carbonyl (C=O) groups excluding carboxylic acids is 2. The lowest BCUT2D eigenvalue weighted by molar-refractivity contribution is -0.385. The minimum Gasteiger partial charge on any atom is -0.354 e. The smallest absolute Gasteiger partial charge is 0.272 e. The highest BCUT2D eigenvalue weighted by Crippen LogP contribution is 2.17. The quantitative estimate of drug-likeness (QED) is 0.472. The molecule has 0 atom stereocenters. The van der Waals surface area contributed by atoms with Crippen molar-refractivity contribution in [1.82, 2.24) is 10.6 Å². The van der Waals surface area contributed by atoms with Crippen LogP contribution in [0.15, 0.2) is 24.3 Å². The van der Waals surface area contributed by atoms with Crippen LogP contribution in [0, 0.1) is 10.1 Å². The minimum absolute atomic E-state index is 0. The van der Waals surface area contributed by atoms with Gasteiger partial charge in [0.1, 0.15) is 0 Å². The largest absolute Gasteiger partial charge is 0.354 e. The maximum atomic E-state index is 11.4. The number of para-hydroxylation sites is 1. The third-order valence-corrected chi connectivity index (χ3v) is 2.54. The van der Waals surface area contributed by atoms with Crippen molar-refractivity contribution in [3.05, 3.63) is 39.9 Å². The summed E-state index contributed by atoms with van der Waals surface area (Å²) in [5.74, 6) is -0.788. The summed E-state index contributed by atoms with van der Waals surface area (Å²) in [5.41, 5.74) is 5.64. The zero-order valence-corrected chi connectivity index (χ0v) is 12.0. The van der Waals surface area contributed by atoms with Crippen LogP contribution in [0.3, 0.4) is 0 Å². The van der Waals surface area contributed by atoms with Gasteiger partial charge in [0.25, 0.3) is 5.69 Å². The number of nitrogens with one attached hydrogen (secondary N) is 2. The third-order valence-electron chi connectivity index (χ3n) is 2.54. The van der Waals surface area contributed by atoms with Crippen molar-refractivity contribution in [1.29, 1.82) is 0 Å². The number of rotatable bonds is 7. The normalized spacial score (nSPS) is 9.38. The molecule has 0 aliphatic rings. The van der Waals surface area contributed by atoms with Crippen molar-refractivity contribution in [3.8, 4) is 0 Å². The van der Waals surface area contributed by atoms with E-state index in [9.17, 15) is 19.7 Å². The molecule has 0 unspecified atom stereocenters. The van der Waals surface area contributed by atoms with Gasteiger partial charge < -0.3 is 16.4 Å². The van der Waals surface area contributed by atoms with Gasteiger partial charge in [0, 0.05) is 18.2 Å². The summed E-state index contributed by atoms with van der Waals surface area (Å²) in [6.07, 6.45) is 0.341. The zero-order chi connectivity index (χ0) is 15.0. The van der Waals surface area contributed by atoms with E-state index >= 15 is 0 Å². The fourth-order valence-electron chi connectivity index (χ4n) is 1.55. The van der Waals surface area contributed by atoms with E-state index in [0.717, 1.165) is 0 Å². The Bertz CT molecular complexity index is 510. The molecule has 0 saturated heterocycles. The maximum absolute atomic E-state index is 11.4. The van der Waals surface area contributed by atoms with Crippen LogP contribution in [0.25, 0.3) is 0 Å². The van der Waals surface area contributed by atoms with E-state index in [0.29, 0.717) is 12.0 Å². The summed E-state index contributed by atoms with van der Waals surface area (Å²) in [5, 5.41) is 15.7. The van der Waals surface area contributed by atoms with E-state index in [2.05, 4.69) is 10.6 Å². The summed E-state index contributed by atoms with van der Waals surface area (Å²) in [4.78, 5) is 32.5. The fourth-order valence-corrected chi connectivity index (χ4v) is 1.55. The number of hydrogen-bond donors (Lipinski definition) is 3. The molecule has 0 radical (unpaired) electrons. The molecule has 116 valence electrons. The molecule has 8 nitrogen and oxygen atoms in total. The highest BCUT2D eigenvalue weighted by molar-refractivity contribution is 5.85. The zero-order valence-electron chi connectivity index (χ0n) is 11.2. The first-order chi connectivity index (χ1) is 9.54. The van der Waals surface area contributed by atoms with Crippen LogP contribution in [-0.2, 0) is 16.0 Å². The molecule has 0 aromatic heterocycles. The molecule has 1 rings (SSSR count). The van der Waals surface area contributed by atoms with Crippen molar-refractivity contribution in [2.24, 2.45) is 5.73 Å². The number of carbonyl (C=O) groups is 2. The van der Waals surface area contributed by atoms with Crippen LogP contribution in [0.4, 0.5) is 5.69 Å². The van der Waals surface area contributed by atoms with Gasteiger partial charge in [-0.15, -0.1) is 12.4 Å². The summed E-state index contributed by atoms with van der Waals surface area (Å²) < 4.78 is 0. The molecule has 0 spiro atoms. The second-order valence-electron chi connectivity index (χ2n) is 3.97. The Labute approximate surface area is 127 Å². The molecule has 0 fully saturated rings. The van der Waals surface area contributed by atoms with Gasteiger partial charge in [0.05, 0.1) is 18.0 Å². The van der Waals surface area contributed by atoms with E-state index in [1.54, 1.807) is 18.2 Å². The molecule has 0 saturated carbocycles. The van der Waals surface area contributed by atoms with Crippen LogP contribution in [0.2, 0.25) is 0 Å². The van der Waals surface area contributed by atoms with Crippen molar-refractivity contribution in [2.45, 2.75) is 6.42 Å². The van der Waals surface area contributed by atoms with Crippen LogP contribution >= 0.6 is 12.4 Å². The highest BCUT2D eigenvalue weighted by atomic mass is 35.5. The van der Waals surface area contributed by atoms with Gasteiger partial charge in [-0.25, -0.2) is 0 Å². The molecule has 2 amide bonds. The number of benzene rings is 1. The lowest BCUT2D eigenvalue weighted by atomic mass is 10.1. The lowest BCUT2D eigenvalue weighted by Gasteiger charge is -2.06. The third kappa shape index (κ3) is 6.68. The Morgan fingerprint density at radius 2 is 1.86 bits per heavy atom. The molecule has 9 heteroatoms. The summed E-state index contributed by atoms with van der Waals surface area (Å²) in [6, 6.07) is 6.34. The average Bonchev–Trinajstić information content (AvgIpc) is 2.45. The van der Waals surface area contributed by atoms with Crippen molar-refractivity contribution >= 4 is 29.9 Å². The number of hydrogen-bond acceptors (Lipinski definition) is 5.